The van der Waals surface area contributed by atoms with Gasteiger partial charge in [-0.1, -0.05) is 22.9 Å². The first-order valence-corrected chi connectivity index (χ1v) is 6.01. The van der Waals surface area contributed by atoms with E-state index < -0.39 is 0 Å². The number of aromatic nitrogens is 2. The Morgan fingerprint density at radius 3 is 2.87 bits per heavy atom. The van der Waals surface area contributed by atoms with Crippen molar-refractivity contribution in [1.82, 2.24) is 15.1 Å². The van der Waals surface area contributed by atoms with Gasteiger partial charge in [-0.15, -0.1) is 0 Å². The lowest BCUT2D eigenvalue weighted by Crippen LogP contribution is -2.30. The number of hydrogen-bond donors (Lipinski definition) is 1. The molecule has 4 nitrogen and oxygen atoms in total. The molecular formula is C10H16BrN3O. The first-order valence-electron chi connectivity index (χ1n) is 4.89. The van der Waals surface area contributed by atoms with E-state index in [1.807, 2.05) is 6.92 Å². The molecule has 5 heteroatoms. The molecule has 1 N–H and O–H groups in total. The second kappa shape index (κ2) is 5.30. The number of hydrogen-bond acceptors (Lipinski definition) is 2. The van der Waals surface area contributed by atoms with Gasteiger partial charge in [0, 0.05) is 18.9 Å². The third-order valence-corrected chi connectivity index (χ3v) is 3.21. The highest BCUT2D eigenvalue weighted by Crippen LogP contribution is 2.02. The fourth-order valence-corrected chi connectivity index (χ4v) is 1.46. The van der Waals surface area contributed by atoms with Crippen LogP contribution in [0.15, 0.2) is 6.07 Å². The molecule has 84 valence electrons. The summed E-state index contributed by atoms with van der Waals surface area (Å²) in [5.74, 6) is 0.370. The molecule has 0 aliphatic rings. The zero-order valence-electron chi connectivity index (χ0n) is 9.25. The molecule has 0 fully saturated rings. The Morgan fingerprint density at radius 2 is 2.40 bits per heavy atom. The molecule has 0 radical (unpaired) electrons. The lowest BCUT2D eigenvalue weighted by molar-refractivity contribution is 0.0940. The van der Waals surface area contributed by atoms with Crippen molar-refractivity contribution in [2.45, 2.75) is 13.8 Å². The Balaban J connectivity index is 2.58. The van der Waals surface area contributed by atoms with Crippen molar-refractivity contribution in [3.05, 3.63) is 17.5 Å². The Bertz CT molecular complexity index is 348. The highest BCUT2D eigenvalue weighted by atomic mass is 79.9. The number of halogens is 1. The SMILES string of the molecule is Cc1cc(C(=O)NCC(C)CBr)n(C)n1. The van der Waals surface area contributed by atoms with Crippen molar-refractivity contribution in [1.29, 1.82) is 0 Å². The van der Waals surface area contributed by atoms with Gasteiger partial charge in [0.2, 0.25) is 0 Å². The van der Waals surface area contributed by atoms with Crippen molar-refractivity contribution < 1.29 is 4.79 Å². The molecule has 1 heterocycles. The van der Waals surface area contributed by atoms with E-state index in [-0.39, 0.29) is 5.91 Å². The molecule has 1 aromatic heterocycles. The maximum atomic E-state index is 11.7. The molecular weight excluding hydrogens is 258 g/mol. The van der Waals surface area contributed by atoms with Gasteiger partial charge >= 0.3 is 0 Å². The number of carbonyl (C=O) groups is 1. The summed E-state index contributed by atoms with van der Waals surface area (Å²) in [6.07, 6.45) is 0. The van der Waals surface area contributed by atoms with Gasteiger partial charge in [0.25, 0.3) is 5.91 Å². The van der Waals surface area contributed by atoms with Gasteiger partial charge in [-0.3, -0.25) is 9.48 Å². The molecule has 0 saturated heterocycles. The molecule has 1 unspecified atom stereocenters. The van der Waals surface area contributed by atoms with Crippen molar-refractivity contribution in [2.75, 3.05) is 11.9 Å². The van der Waals surface area contributed by atoms with E-state index >= 15 is 0 Å². The number of rotatable bonds is 4. The van der Waals surface area contributed by atoms with Gasteiger partial charge in [-0.2, -0.15) is 5.10 Å². The fourth-order valence-electron chi connectivity index (χ4n) is 1.24. The summed E-state index contributed by atoms with van der Waals surface area (Å²) < 4.78 is 1.60. The number of alkyl halides is 1. The van der Waals surface area contributed by atoms with Crippen LogP contribution in [0.3, 0.4) is 0 Å². The van der Waals surface area contributed by atoms with Crippen LogP contribution in [0.5, 0.6) is 0 Å². The van der Waals surface area contributed by atoms with Gasteiger partial charge < -0.3 is 5.32 Å². The van der Waals surface area contributed by atoms with Crippen molar-refractivity contribution in [3.8, 4) is 0 Å². The maximum Gasteiger partial charge on any atom is 0.269 e. The van der Waals surface area contributed by atoms with Gasteiger partial charge in [0.1, 0.15) is 5.69 Å². The van der Waals surface area contributed by atoms with Gasteiger partial charge in [-0.25, -0.2) is 0 Å². The van der Waals surface area contributed by atoms with E-state index in [1.54, 1.807) is 17.8 Å². The predicted octanol–water partition coefficient (Wildman–Crippen LogP) is 1.49. The molecule has 1 atom stereocenters. The third kappa shape index (κ3) is 3.34. The Hall–Kier alpha value is -0.840. The van der Waals surface area contributed by atoms with E-state index in [0.717, 1.165) is 11.0 Å². The molecule has 0 aromatic carbocycles. The Labute approximate surface area is 98.2 Å². The Kier molecular flexibility index (Phi) is 4.32. The molecule has 1 aromatic rings. The smallest absolute Gasteiger partial charge is 0.269 e. The summed E-state index contributed by atoms with van der Waals surface area (Å²) in [6, 6.07) is 1.79. The van der Waals surface area contributed by atoms with Crippen LogP contribution in [0.25, 0.3) is 0 Å². The zero-order valence-corrected chi connectivity index (χ0v) is 10.8. The minimum Gasteiger partial charge on any atom is -0.350 e. The summed E-state index contributed by atoms with van der Waals surface area (Å²) >= 11 is 3.37. The summed E-state index contributed by atoms with van der Waals surface area (Å²) in [4.78, 5) is 11.7. The molecule has 0 bridgehead atoms. The van der Waals surface area contributed by atoms with E-state index in [9.17, 15) is 4.79 Å². The highest BCUT2D eigenvalue weighted by Gasteiger charge is 2.11. The Morgan fingerprint density at radius 1 is 1.73 bits per heavy atom. The second-order valence-electron chi connectivity index (χ2n) is 3.76. The minimum absolute atomic E-state index is 0.0640. The van der Waals surface area contributed by atoms with Crippen LogP contribution in [0.1, 0.15) is 23.1 Å². The lowest BCUT2D eigenvalue weighted by Gasteiger charge is -2.09. The van der Waals surface area contributed by atoms with Crippen molar-refractivity contribution >= 4 is 21.8 Å². The summed E-state index contributed by atoms with van der Waals surface area (Å²) in [6.45, 7) is 4.62. The molecule has 15 heavy (non-hydrogen) atoms. The molecule has 0 spiro atoms. The summed E-state index contributed by atoms with van der Waals surface area (Å²) in [5, 5.41) is 7.89. The van der Waals surface area contributed by atoms with E-state index in [4.69, 9.17) is 0 Å². The van der Waals surface area contributed by atoms with Crippen LogP contribution in [0, 0.1) is 12.8 Å². The second-order valence-corrected chi connectivity index (χ2v) is 4.41. The van der Waals surface area contributed by atoms with E-state index in [2.05, 4.69) is 33.3 Å². The average Bonchev–Trinajstić information content (AvgIpc) is 2.53. The third-order valence-electron chi connectivity index (χ3n) is 2.11. The first kappa shape index (κ1) is 12.2. The quantitative estimate of drug-likeness (QED) is 0.845. The molecule has 1 rings (SSSR count). The summed E-state index contributed by atoms with van der Waals surface area (Å²) in [7, 11) is 1.77. The highest BCUT2D eigenvalue weighted by molar-refractivity contribution is 9.09. The number of aryl methyl sites for hydroxylation is 2. The van der Waals surface area contributed by atoms with Crippen molar-refractivity contribution in [2.24, 2.45) is 13.0 Å². The topological polar surface area (TPSA) is 46.9 Å². The van der Waals surface area contributed by atoms with Crippen LogP contribution in [-0.2, 0) is 7.05 Å². The van der Waals surface area contributed by atoms with Gasteiger partial charge in [-0.05, 0) is 18.9 Å². The average molecular weight is 274 g/mol. The fraction of sp³-hybridized carbons (Fsp3) is 0.600. The van der Waals surface area contributed by atoms with E-state index in [0.29, 0.717) is 18.2 Å². The maximum absolute atomic E-state index is 11.7. The largest absolute Gasteiger partial charge is 0.350 e. The number of nitrogens with one attached hydrogen (secondary N) is 1. The van der Waals surface area contributed by atoms with Gasteiger partial charge in [0.15, 0.2) is 0 Å². The van der Waals surface area contributed by atoms with Crippen LogP contribution < -0.4 is 5.32 Å². The van der Waals surface area contributed by atoms with Crippen LogP contribution in [-0.4, -0.2) is 27.6 Å². The predicted molar refractivity (Wildman–Crippen MR) is 63.2 cm³/mol. The number of carbonyl (C=O) groups excluding carboxylic acids is 1. The first-order chi connectivity index (χ1) is 7.04. The van der Waals surface area contributed by atoms with E-state index in [1.165, 1.54) is 0 Å². The summed E-state index contributed by atoms with van der Waals surface area (Å²) in [5.41, 5.74) is 1.46. The molecule has 1 amide bonds. The van der Waals surface area contributed by atoms with Crippen molar-refractivity contribution in [3.63, 3.8) is 0 Å². The standard InChI is InChI=1S/C10H16BrN3O/c1-7(5-11)6-12-10(15)9-4-8(2)13-14(9)3/h4,7H,5-6H2,1-3H3,(H,12,15). The van der Waals surface area contributed by atoms with Gasteiger partial charge in [0.05, 0.1) is 5.69 Å². The zero-order chi connectivity index (χ0) is 11.4. The lowest BCUT2D eigenvalue weighted by atomic mass is 10.2. The normalized spacial score (nSPS) is 12.5. The van der Waals surface area contributed by atoms with Crippen LogP contribution in [0.4, 0.5) is 0 Å². The van der Waals surface area contributed by atoms with Crippen LogP contribution >= 0.6 is 15.9 Å². The minimum atomic E-state index is -0.0640. The van der Waals surface area contributed by atoms with Crippen LogP contribution in [0.2, 0.25) is 0 Å². The number of nitrogens with zero attached hydrogens (tertiary/aromatic N) is 2. The molecule has 0 aliphatic carbocycles. The number of amides is 1. The molecule has 0 aliphatic heterocycles. The monoisotopic (exact) mass is 273 g/mol. The molecule has 0 saturated carbocycles.